The monoisotopic (exact) mass is 407 g/mol. The van der Waals surface area contributed by atoms with Crippen molar-refractivity contribution in [3.63, 3.8) is 0 Å². The van der Waals surface area contributed by atoms with E-state index in [1.165, 1.54) is 6.20 Å². The van der Waals surface area contributed by atoms with E-state index < -0.39 is 15.4 Å². The van der Waals surface area contributed by atoms with Crippen LogP contribution in [-0.2, 0) is 14.6 Å². The zero-order valence-corrected chi connectivity index (χ0v) is 17.3. The number of likely N-dealkylation sites (tertiary alicyclic amines) is 1. The predicted octanol–water partition coefficient (Wildman–Crippen LogP) is 2.81. The second-order valence-electron chi connectivity index (χ2n) is 7.93. The molecule has 1 aromatic heterocycles. The smallest absolute Gasteiger partial charge is 0.410 e. The second kappa shape index (κ2) is 7.54. The number of ether oxygens (including phenoxy) is 2. The van der Waals surface area contributed by atoms with E-state index in [0.717, 1.165) is 11.6 Å². The van der Waals surface area contributed by atoms with Crippen LogP contribution in [0, 0.1) is 0 Å². The van der Waals surface area contributed by atoms with Crippen LogP contribution in [0.2, 0.25) is 0 Å². The molecule has 1 aromatic carbocycles. The van der Waals surface area contributed by atoms with Gasteiger partial charge in [0.15, 0.2) is 0 Å². The van der Waals surface area contributed by atoms with Gasteiger partial charge in [-0.05, 0) is 32.9 Å². The van der Waals surface area contributed by atoms with Crippen LogP contribution < -0.4 is 4.74 Å². The number of piperidine rings is 1. The predicted molar refractivity (Wildman–Crippen MR) is 104 cm³/mol. The Kier molecular flexibility index (Phi) is 5.47. The highest BCUT2D eigenvalue weighted by molar-refractivity contribution is 7.90. The maximum atomic E-state index is 12.1. The number of aromatic nitrogens is 2. The molecule has 1 fully saturated rings. The van der Waals surface area contributed by atoms with Gasteiger partial charge in [0.1, 0.15) is 17.5 Å². The molecule has 0 saturated carbocycles. The minimum atomic E-state index is -3.47. The van der Waals surface area contributed by atoms with E-state index in [9.17, 15) is 13.2 Å². The highest BCUT2D eigenvalue weighted by Crippen LogP contribution is 2.24. The zero-order chi connectivity index (χ0) is 20.5. The van der Waals surface area contributed by atoms with Gasteiger partial charge in [-0.3, -0.25) is 0 Å². The number of sulfone groups is 1. The number of carbonyl (C=O) groups excluding carboxylic acids is 1. The molecule has 1 aliphatic heterocycles. The lowest BCUT2D eigenvalue weighted by Gasteiger charge is -2.33. The van der Waals surface area contributed by atoms with Crippen molar-refractivity contribution in [1.29, 1.82) is 0 Å². The average molecular weight is 407 g/mol. The minimum Gasteiger partial charge on any atom is -0.490 e. The van der Waals surface area contributed by atoms with E-state index in [1.54, 1.807) is 17.0 Å². The van der Waals surface area contributed by atoms with Crippen molar-refractivity contribution in [1.82, 2.24) is 14.9 Å². The Morgan fingerprint density at radius 2 is 1.89 bits per heavy atom. The highest BCUT2D eigenvalue weighted by atomic mass is 32.2. The van der Waals surface area contributed by atoms with Gasteiger partial charge in [-0.25, -0.2) is 23.2 Å². The Morgan fingerprint density at radius 1 is 1.21 bits per heavy atom. The van der Waals surface area contributed by atoms with Crippen molar-refractivity contribution in [3.8, 4) is 5.75 Å². The lowest BCUT2D eigenvalue weighted by atomic mass is 10.1. The van der Waals surface area contributed by atoms with Crippen molar-refractivity contribution in [3.05, 3.63) is 24.4 Å². The molecule has 3 rings (SSSR count). The first-order chi connectivity index (χ1) is 13.0. The van der Waals surface area contributed by atoms with Gasteiger partial charge in [-0.1, -0.05) is 0 Å². The summed E-state index contributed by atoms with van der Waals surface area (Å²) in [5.74, 6) is 0.612. The van der Waals surface area contributed by atoms with Crippen molar-refractivity contribution < 1.29 is 22.7 Å². The first-order valence-corrected chi connectivity index (χ1v) is 11.0. The molecule has 28 heavy (non-hydrogen) atoms. The van der Waals surface area contributed by atoms with Gasteiger partial charge in [0, 0.05) is 49.8 Å². The molecular formula is C19H25N3O5S. The van der Waals surface area contributed by atoms with Gasteiger partial charge in [-0.15, -0.1) is 0 Å². The fourth-order valence-electron chi connectivity index (χ4n) is 2.91. The summed E-state index contributed by atoms with van der Waals surface area (Å²) in [7, 11) is -3.47. The number of amides is 1. The molecule has 0 N–H and O–H groups in total. The average Bonchev–Trinajstić information content (AvgIpc) is 2.59. The van der Waals surface area contributed by atoms with Crippen molar-refractivity contribution in [2.24, 2.45) is 0 Å². The largest absolute Gasteiger partial charge is 0.490 e. The van der Waals surface area contributed by atoms with Crippen molar-refractivity contribution in [2.75, 3.05) is 19.3 Å². The number of rotatable bonds is 3. The lowest BCUT2D eigenvalue weighted by Crippen LogP contribution is -2.44. The van der Waals surface area contributed by atoms with Crippen LogP contribution in [-0.4, -0.2) is 60.4 Å². The number of benzene rings is 1. The molecule has 1 amide bonds. The summed E-state index contributed by atoms with van der Waals surface area (Å²) < 4.78 is 34.7. The van der Waals surface area contributed by atoms with E-state index in [4.69, 9.17) is 9.47 Å². The Bertz CT molecular complexity index is 977. The summed E-state index contributed by atoms with van der Waals surface area (Å²) in [4.78, 5) is 21.8. The second-order valence-corrected chi connectivity index (χ2v) is 9.84. The third kappa shape index (κ3) is 5.09. The van der Waals surface area contributed by atoms with Gasteiger partial charge < -0.3 is 14.4 Å². The summed E-state index contributed by atoms with van der Waals surface area (Å²) in [6.45, 7) is 6.67. The topological polar surface area (TPSA) is 98.7 Å². The van der Waals surface area contributed by atoms with Crippen LogP contribution in [0.4, 0.5) is 4.79 Å². The summed E-state index contributed by atoms with van der Waals surface area (Å²) in [5, 5.41) is 0.530. The third-order valence-electron chi connectivity index (χ3n) is 4.26. The maximum Gasteiger partial charge on any atom is 0.410 e. The molecule has 1 saturated heterocycles. The van der Waals surface area contributed by atoms with Crippen LogP contribution in [0.15, 0.2) is 29.6 Å². The molecule has 0 spiro atoms. The fraction of sp³-hybridized carbons (Fsp3) is 0.526. The summed E-state index contributed by atoms with van der Waals surface area (Å²) >= 11 is 0. The van der Waals surface area contributed by atoms with Crippen LogP contribution in [0.3, 0.4) is 0 Å². The molecule has 8 nitrogen and oxygen atoms in total. The van der Waals surface area contributed by atoms with Gasteiger partial charge in [0.2, 0.25) is 15.0 Å². The number of hydrogen-bond acceptors (Lipinski definition) is 7. The first kappa shape index (κ1) is 20.3. The van der Waals surface area contributed by atoms with Crippen molar-refractivity contribution >= 4 is 26.8 Å². The quantitative estimate of drug-likeness (QED) is 0.722. The molecule has 2 aromatic rings. The Labute approximate surface area is 164 Å². The molecule has 0 bridgehead atoms. The lowest BCUT2D eigenvalue weighted by molar-refractivity contribution is 0.0127. The zero-order valence-electron chi connectivity index (χ0n) is 16.5. The van der Waals surface area contributed by atoms with E-state index >= 15 is 0 Å². The van der Waals surface area contributed by atoms with Gasteiger partial charge >= 0.3 is 6.09 Å². The molecule has 9 heteroatoms. The molecule has 0 radical (unpaired) electrons. The minimum absolute atomic E-state index is 0.0349. The molecule has 0 aliphatic carbocycles. The van der Waals surface area contributed by atoms with E-state index in [2.05, 4.69) is 9.97 Å². The molecular weight excluding hydrogens is 382 g/mol. The fourth-order valence-corrected chi connectivity index (χ4v) is 3.42. The van der Waals surface area contributed by atoms with E-state index in [-0.39, 0.29) is 17.4 Å². The Morgan fingerprint density at radius 3 is 2.50 bits per heavy atom. The van der Waals surface area contributed by atoms with Gasteiger partial charge in [-0.2, -0.15) is 0 Å². The van der Waals surface area contributed by atoms with Crippen LogP contribution in [0.1, 0.15) is 33.6 Å². The molecule has 0 atom stereocenters. The molecule has 2 heterocycles. The van der Waals surface area contributed by atoms with Crippen LogP contribution >= 0.6 is 0 Å². The number of hydrogen-bond donors (Lipinski definition) is 0. The van der Waals surface area contributed by atoms with Crippen LogP contribution in [0.25, 0.3) is 10.9 Å². The summed E-state index contributed by atoms with van der Waals surface area (Å²) in [6.07, 6.45) is 3.61. The molecule has 1 aliphatic rings. The van der Waals surface area contributed by atoms with Crippen molar-refractivity contribution in [2.45, 2.75) is 50.5 Å². The molecule has 152 valence electrons. The van der Waals surface area contributed by atoms with Gasteiger partial charge in [0.25, 0.3) is 0 Å². The number of carbonyl (C=O) groups is 1. The highest BCUT2D eigenvalue weighted by Gasteiger charge is 2.27. The first-order valence-electron chi connectivity index (χ1n) is 9.13. The summed E-state index contributed by atoms with van der Waals surface area (Å²) in [6, 6.07) is 5.32. The van der Waals surface area contributed by atoms with E-state index in [1.807, 2.05) is 26.8 Å². The van der Waals surface area contributed by atoms with Crippen LogP contribution in [0.5, 0.6) is 5.75 Å². The number of fused-ring (bicyclic) bond motifs is 1. The third-order valence-corrected chi connectivity index (χ3v) is 5.12. The normalized spacial score (nSPS) is 16.2. The van der Waals surface area contributed by atoms with Gasteiger partial charge in [0.05, 0.1) is 5.52 Å². The van der Waals surface area contributed by atoms with E-state index in [0.29, 0.717) is 37.2 Å². The standard InChI is InChI=1S/C19H25N3O5S/c1-19(2,3)27-18(23)22-9-7-14(8-10-22)26-15-6-5-13-12-20-17(28(4,24)25)21-16(13)11-15/h5-6,11-12,14H,7-10H2,1-4H3. The molecule has 0 unspecified atom stereocenters. The summed E-state index contributed by atoms with van der Waals surface area (Å²) in [5.41, 5.74) is 0.00137. The Balaban J connectivity index is 1.65. The maximum absolute atomic E-state index is 12.1. The SMILES string of the molecule is CC(C)(C)OC(=O)N1CCC(Oc2ccc3cnc(S(C)(=O)=O)nc3c2)CC1. The number of nitrogens with zero attached hydrogens (tertiary/aromatic N) is 3. The Hall–Kier alpha value is -2.42.